The van der Waals surface area contributed by atoms with Crippen LogP contribution in [-0.4, -0.2) is 6.54 Å². The smallest absolute Gasteiger partial charge is 0.142 e. The van der Waals surface area contributed by atoms with Crippen LogP contribution in [0.15, 0.2) is 42.5 Å². The summed E-state index contributed by atoms with van der Waals surface area (Å²) in [6.45, 7) is 2.87. The second kappa shape index (κ2) is 7.07. The fourth-order valence-corrected chi connectivity index (χ4v) is 2.61. The molecule has 2 aromatic rings. The Morgan fingerprint density at radius 2 is 1.75 bits per heavy atom. The molecule has 0 bridgehead atoms. The number of halogens is 3. The minimum absolute atomic E-state index is 0.140. The fraction of sp³-hybridized carbons (Fsp3) is 0.250. The first-order valence-corrected chi connectivity index (χ1v) is 7.32. The Morgan fingerprint density at radius 1 is 1.05 bits per heavy atom. The minimum Gasteiger partial charge on any atom is -0.306 e. The number of hydrogen-bond acceptors (Lipinski definition) is 1. The third-order valence-electron chi connectivity index (χ3n) is 3.11. The van der Waals surface area contributed by atoms with Crippen molar-refractivity contribution in [2.75, 3.05) is 6.54 Å². The van der Waals surface area contributed by atoms with Gasteiger partial charge in [0.05, 0.1) is 11.1 Å². The Bertz CT molecular complexity index is 586. The van der Waals surface area contributed by atoms with Gasteiger partial charge in [-0.1, -0.05) is 60.5 Å². The average molecular weight is 312 g/mol. The first-order valence-electron chi connectivity index (χ1n) is 6.56. The van der Waals surface area contributed by atoms with Crippen LogP contribution in [-0.2, 0) is 0 Å². The van der Waals surface area contributed by atoms with Gasteiger partial charge in [0, 0.05) is 5.02 Å². The molecule has 0 spiro atoms. The monoisotopic (exact) mass is 311 g/mol. The topological polar surface area (TPSA) is 12.0 Å². The van der Waals surface area contributed by atoms with Crippen molar-refractivity contribution in [3.63, 3.8) is 0 Å². The highest BCUT2D eigenvalue weighted by Crippen LogP contribution is 2.33. The summed E-state index contributed by atoms with van der Waals surface area (Å²) in [6.07, 6.45) is 0.966. The van der Waals surface area contributed by atoms with Gasteiger partial charge in [0.25, 0.3) is 0 Å². The number of hydrogen-bond donors (Lipinski definition) is 1. The average Bonchev–Trinajstić information content (AvgIpc) is 2.45. The summed E-state index contributed by atoms with van der Waals surface area (Å²) in [6, 6.07) is 12.2. The highest BCUT2D eigenvalue weighted by atomic mass is 35.5. The van der Waals surface area contributed by atoms with Gasteiger partial charge < -0.3 is 5.32 Å². The molecule has 0 saturated carbocycles. The maximum absolute atomic E-state index is 13.7. The van der Waals surface area contributed by atoms with Gasteiger partial charge in [0.2, 0.25) is 0 Å². The van der Waals surface area contributed by atoms with Gasteiger partial charge in [-0.25, -0.2) is 4.39 Å². The summed E-state index contributed by atoms with van der Waals surface area (Å²) in [5.74, 6) is -0.417. The molecule has 1 nitrogen and oxygen atoms in total. The van der Waals surface area contributed by atoms with Crippen molar-refractivity contribution in [1.82, 2.24) is 5.32 Å². The SMILES string of the molecule is CCCNC(c1ccccc1Cl)c1cccc(F)c1Cl. The summed E-state index contributed by atoms with van der Waals surface area (Å²) in [4.78, 5) is 0. The predicted octanol–water partition coefficient (Wildman–Crippen LogP) is 5.22. The summed E-state index contributed by atoms with van der Waals surface area (Å²) in [5, 5.41) is 4.16. The maximum atomic E-state index is 13.7. The summed E-state index contributed by atoms with van der Waals surface area (Å²) in [5.41, 5.74) is 1.60. The van der Waals surface area contributed by atoms with Gasteiger partial charge in [-0.2, -0.15) is 0 Å². The molecule has 0 aliphatic carbocycles. The second-order valence-electron chi connectivity index (χ2n) is 4.55. The van der Waals surface area contributed by atoms with E-state index in [1.807, 2.05) is 30.3 Å². The zero-order chi connectivity index (χ0) is 14.5. The standard InChI is InChI=1S/C16H16Cl2FN/c1-2-10-20-16(11-6-3-4-8-13(11)17)12-7-5-9-14(19)15(12)18/h3-9,16,20H,2,10H2,1H3. The van der Waals surface area contributed by atoms with Crippen molar-refractivity contribution in [3.8, 4) is 0 Å². The Balaban J connectivity index is 2.47. The van der Waals surface area contributed by atoms with Crippen LogP contribution in [0.1, 0.15) is 30.5 Å². The predicted molar refractivity (Wildman–Crippen MR) is 83.0 cm³/mol. The van der Waals surface area contributed by atoms with Crippen molar-refractivity contribution >= 4 is 23.2 Å². The molecular weight excluding hydrogens is 296 g/mol. The van der Waals surface area contributed by atoms with Crippen LogP contribution in [0.5, 0.6) is 0 Å². The van der Waals surface area contributed by atoms with Crippen LogP contribution in [0.3, 0.4) is 0 Å². The summed E-state index contributed by atoms with van der Waals surface area (Å²) < 4.78 is 13.7. The highest BCUT2D eigenvalue weighted by molar-refractivity contribution is 6.32. The quantitative estimate of drug-likeness (QED) is 0.798. The van der Waals surface area contributed by atoms with Gasteiger partial charge in [-0.3, -0.25) is 0 Å². The molecule has 106 valence electrons. The van der Waals surface area contributed by atoms with E-state index in [9.17, 15) is 4.39 Å². The molecule has 0 aliphatic heterocycles. The molecular formula is C16H16Cl2FN. The first kappa shape index (κ1) is 15.3. The van der Waals surface area contributed by atoms with Crippen LogP contribution in [0.25, 0.3) is 0 Å². The number of benzene rings is 2. The largest absolute Gasteiger partial charge is 0.306 e. The third kappa shape index (κ3) is 3.32. The molecule has 1 unspecified atom stereocenters. The van der Waals surface area contributed by atoms with Crippen molar-refractivity contribution in [2.45, 2.75) is 19.4 Å². The Kier molecular flexibility index (Phi) is 5.41. The number of nitrogens with one attached hydrogen (secondary N) is 1. The molecule has 2 rings (SSSR count). The van der Waals surface area contributed by atoms with Gasteiger partial charge in [-0.15, -0.1) is 0 Å². The van der Waals surface area contributed by atoms with Crippen LogP contribution in [0.2, 0.25) is 10.0 Å². The van der Waals surface area contributed by atoms with Crippen LogP contribution < -0.4 is 5.32 Å². The van der Waals surface area contributed by atoms with E-state index in [4.69, 9.17) is 23.2 Å². The van der Waals surface area contributed by atoms with E-state index in [-0.39, 0.29) is 11.1 Å². The maximum Gasteiger partial charge on any atom is 0.142 e. The molecule has 4 heteroatoms. The van der Waals surface area contributed by atoms with Crippen molar-refractivity contribution in [3.05, 3.63) is 69.5 Å². The lowest BCUT2D eigenvalue weighted by atomic mass is 9.98. The van der Waals surface area contributed by atoms with E-state index >= 15 is 0 Å². The lowest BCUT2D eigenvalue weighted by molar-refractivity contribution is 0.586. The molecule has 0 aliphatic rings. The van der Waals surface area contributed by atoms with E-state index in [1.54, 1.807) is 6.07 Å². The van der Waals surface area contributed by atoms with Crippen molar-refractivity contribution in [1.29, 1.82) is 0 Å². The molecule has 1 N–H and O–H groups in total. The van der Waals surface area contributed by atoms with E-state index in [0.717, 1.165) is 18.5 Å². The molecule has 2 aromatic carbocycles. The highest BCUT2D eigenvalue weighted by Gasteiger charge is 2.20. The molecule has 0 radical (unpaired) electrons. The van der Waals surface area contributed by atoms with E-state index in [2.05, 4.69) is 12.2 Å². The normalized spacial score (nSPS) is 12.4. The lowest BCUT2D eigenvalue weighted by Gasteiger charge is -2.22. The second-order valence-corrected chi connectivity index (χ2v) is 5.34. The fourth-order valence-electron chi connectivity index (χ4n) is 2.13. The van der Waals surface area contributed by atoms with Crippen molar-refractivity contribution in [2.24, 2.45) is 0 Å². The Morgan fingerprint density at radius 3 is 2.45 bits per heavy atom. The third-order valence-corrected chi connectivity index (χ3v) is 3.85. The van der Waals surface area contributed by atoms with Gasteiger partial charge in [0.1, 0.15) is 5.82 Å². The summed E-state index contributed by atoms with van der Waals surface area (Å²) >= 11 is 12.4. The molecule has 1 atom stereocenters. The molecule has 0 saturated heterocycles. The Hall–Kier alpha value is -1.09. The van der Waals surface area contributed by atoms with E-state index in [0.29, 0.717) is 10.6 Å². The van der Waals surface area contributed by atoms with Gasteiger partial charge >= 0.3 is 0 Å². The zero-order valence-corrected chi connectivity index (χ0v) is 12.7. The molecule has 0 amide bonds. The van der Waals surface area contributed by atoms with E-state index in [1.165, 1.54) is 6.07 Å². The van der Waals surface area contributed by atoms with Gasteiger partial charge in [-0.05, 0) is 36.2 Å². The molecule has 0 fully saturated rings. The first-order chi connectivity index (χ1) is 9.65. The van der Waals surface area contributed by atoms with Gasteiger partial charge in [0.15, 0.2) is 0 Å². The zero-order valence-electron chi connectivity index (χ0n) is 11.2. The Labute approximate surface area is 128 Å². The molecule has 20 heavy (non-hydrogen) atoms. The molecule has 0 aromatic heterocycles. The van der Waals surface area contributed by atoms with Crippen LogP contribution in [0, 0.1) is 5.82 Å². The van der Waals surface area contributed by atoms with Crippen molar-refractivity contribution < 1.29 is 4.39 Å². The van der Waals surface area contributed by atoms with Crippen LogP contribution >= 0.6 is 23.2 Å². The number of rotatable bonds is 5. The lowest BCUT2D eigenvalue weighted by Crippen LogP contribution is -2.24. The van der Waals surface area contributed by atoms with Crippen LogP contribution in [0.4, 0.5) is 4.39 Å². The van der Waals surface area contributed by atoms with E-state index < -0.39 is 5.82 Å². The molecule has 0 heterocycles. The summed E-state index contributed by atoms with van der Waals surface area (Å²) in [7, 11) is 0. The minimum atomic E-state index is -0.417.